The maximum atomic E-state index is 11.4. The first-order valence-corrected chi connectivity index (χ1v) is 5.31. The molecular formula is C12H17NO3. The molecule has 0 amide bonds. The molecule has 0 bridgehead atoms. The van der Waals surface area contributed by atoms with Crippen LogP contribution in [0.4, 0.5) is 0 Å². The Balaban J connectivity index is 2.29. The molecule has 4 nitrogen and oxygen atoms in total. The third-order valence-corrected chi connectivity index (χ3v) is 2.20. The van der Waals surface area contributed by atoms with Gasteiger partial charge in [-0.3, -0.25) is 4.79 Å². The SMILES string of the molecule is NC(CCCO)C(=O)OCc1ccccc1. The van der Waals surface area contributed by atoms with E-state index < -0.39 is 12.0 Å². The molecule has 0 aliphatic heterocycles. The lowest BCUT2D eigenvalue weighted by atomic mass is 10.2. The van der Waals surface area contributed by atoms with Crippen LogP contribution in [-0.4, -0.2) is 23.7 Å². The Labute approximate surface area is 95.0 Å². The number of aliphatic hydroxyl groups excluding tert-OH is 1. The molecule has 0 spiro atoms. The van der Waals surface area contributed by atoms with E-state index in [0.717, 1.165) is 5.56 Å². The van der Waals surface area contributed by atoms with Gasteiger partial charge in [0.25, 0.3) is 0 Å². The minimum absolute atomic E-state index is 0.0413. The van der Waals surface area contributed by atoms with Crippen LogP contribution >= 0.6 is 0 Å². The van der Waals surface area contributed by atoms with Gasteiger partial charge in [-0.25, -0.2) is 0 Å². The second-order valence-electron chi connectivity index (χ2n) is 3.57. The average Bonchev–Trinajstić information content (AvgIpc) is 2.34. The highest BCUT2D eigenvalue weighted by Crippen LogP contribution is 2.03. The number of carbonyl (C=O) groups excluding carboxylic acids is 1. The lowest BCUT2D eigenvalue weighted by Crippen LogP contribution is -2.32. The summed E-state index contributed by atoms with van der Waals surface area (Å²) in [5, 5.41) is 8.60. The van der Waals surface area contributed by atoms with E-state index in [0.29, 0.717) is 12.8 Å². The van der Waals surface area contributed by atoms with E-state index in [1.165, 1.54) is 0 Å². The van der Waals surface area contributed by atoms with Crippen LogP contribution in [0, 0.1) is 0 Å². The van der Waals surface area contributed by atoms with E-state index in [4.69, 9.17) is 15.6 Å². The summed E-state index contributed by atoms with van der Waals surface area (Å²) in [4.78, 5) is 11.4. The molecule has 88 valence electrons. The van der Waals surface area contributed by atoms with E-state index in [1.54, 1.807) is 0 Å². The first-order chi connectivity index (χ1) is 7.74. The molecule has 0 fully saturated rings. The number of rotatable bonds is 6. The largest absolute Gasteiger partial charge is 0.460 e. The molecule has 0 heterocycles. The number of benzene rings is 1. The van der Waals surface area contributed by atoms with Gasteiger partial charge in [0.05, 0.1) is 0 Å². The summed E-state index contributed by atoms with van der Waals surface area (Å²) >= 11 is 0. The number of ether oxygens (including phenoxy) is 1. The van der Waals surface area contributed by atoms with Crippen LogP contribution in [0.1, 0.15) is 18.4 Å². The predicted molar refractivity (Wildman–Crippen MR) is 60.5 cm³/mol. The second kappa shape index (κ2) is 6.98. The molecule has 1 aromatic rings. The molecule has 1 aromatic carbocycles. The zero-order valence-electron chi connectivity index (χ0n) is 9.13. The first kappa shape index (κ1) is 12.7. The van der Waals surface area contributed by atoms with Gasteiger partial charge in [-0.05, 0) is 18.4 Å². The molecule has 3 N–H and O–H groups in total. The Morgan fingerprint density at radius 2 is 2.06 bits per heavy atom. The summed E-state index contributed by atoms with van der Waals surface area (Å²) < 4.78 is 5.04. The molecule has 4 heteroatoms. The Hall–Kier alpha value is -1.39. The van der Waals surface area contributed by atoms with Crippen molar-refractivity contribution in [1.29, 1.82) is 0 Å². The lowest BCUT2D eigenvalue weighted by Gasteiger charge is -2.10. The van der Waals surface area contributed by atoms with Crippen molar-refractivity contribution >= 4 is 5.97 Å². The molecular weight excluding hydrogens is 206 g/mol. The van der Waals surface area contributed by atoms with Crippen molar-refractivity contribution in [3.63, 3.8) is 0 Å². The summed E-state index contributed by atoms with van der Waals surface area (Å²) in [5.74, 6) is -0.419. The van der Waals surface area contributed by atoms with E-state index in [1.807, 2.05) is 30.3 Å². The fraction of sp³-hybridized carbons (Fsp3) is 0.417. The van der Waals surface area contributed by atoms with E-state index in [9.17, 15) is 4.79 Å². The zero-order chi connectivity index (χ0) is 11.8. The minimum Gasteiger partial charge on any atom is -0.460 e. The molecule has 1 rings (SSSR count). The Kier molecular flexibility index (Phi) is 5.53. The fourth-order valence-corrected chi connectivity index (χ4v) is 1.26. The van der Waals surface area contributed by atoms with Crippen molar-refractivity contribution in [3.05, 3.63) is 35.9 Å². The highest BCUT2D eigenvalue weighted by Gasteiger charge is 2.14. The van der Waals surface area contributed by atoms with Crippen molar-refractivity contribution in [2.24, 2.45) is 5.73 Å². The molecule has 1 unspecified atom stereocenters. The third kappa shape index (κ3) is 4.42. The number of aliphatic hydroxyl groups is 1. The summed E-state index contributed by atoms with van der Waals surface area (Å²) in [6.07, 6.45) is 0.964. The van der Waals surface area contributed by atoms with E-state index in [2.05, 4.69) is 0 Å². The smallest absolute Gasteiger partial charge is 0.323 e. The van der Waals surface area contributed by atoms with Crippen LogP contribution < -0.4 is 5.73 Å². The van der Waals surface area contributed by atoms with Crippen LogP contribution in [0.3, 0.4) is 0 Å². The number of nitrogens with two attached hydrogens (primary N) is 1. The van der Waals surface area contributed by atoms with Gasteiger partial charge in [0, 0.05) is 6.61 Å². The normalized spacial score (nSPS) is 12.1. The number of hydrogen-bond donors (Lipinski definition) is 2. The molecule has 0 saturated carbocycles. The molecule has 0 aromatic heterocycles. The monoisotopic (exact) mass is 223 g/mol. The Morgan fingerprint density at radius 1 is 1.38 bits per heavy atom. The predicted octanol–water partition coefficient (Wildman–Crippen LogP) is 0.830. The van der Waals surface area contributed by atoms with Crippen LogP contribution in [-0.2, 0) is 16.1 Å². The van der Waals surface area contributed by atoms with Gasteiger partial charge >= 0.3 is 5.97 Å². The highest BCUT2D eigenvalue weighted by atomic mass is 16.5. The lowest BCUT2D eigenvalue weighted by molar-refractivity contribution is -0.146. The van der Waals surface area contributed by atoms with E-state index >= 15 is 0 Å². The minimum atomic E-state index is -0.643. The summed E-state index contributed by atoms with van der Waals surface area (Å²) in [6, 6.07) is 8.79. The Morgan fingerprint density at radius 3 is 2.69 bits per heavy atom. The van der Waals surface area contributed by atoms with Gasteiger partial charge in [0.1, 0.15) is 12.6 Å². The van der Waals surface area contributed by atoms with Crippen molar-refractivity contribution in [3.8, 4) is 0 Å². The van der Waals surface area contributed by atoms with Gasteiger partial charge in [-0.1, -0.05) is 30.3 Å². The number of hydrogen-bond acceptors (Lipinski definition) is 4. The fourth-order valence-electron chi connectivity index (χ4n) is 1.26. The molecule has 0 aliphatic carbocycles. The van der Waals surface area contributed by atoms with Crippen LogP contribution in [0.15, 0.2) is 30.3 Å². The molecule has 0 aliphatic rings. The van der Waals surface area contributed by atoms with Crippen molar-refractivity contribution in [2.45, 2.75) is 25.5 Å². The topological polar surface area (TPSA) is 72.5 Å². The Bertz CT molecular complexity index is 313. The van der Waals surface area contributed by atoms with Crippen LogP contribution in [0.2, 0.25) is 0 Å². The highest BCUT2D eigenvalue weighted by molar-refractivity contribution is 5.75. The summed E-state index contributed by atoms with van der Waals surface area (Å²) in [6.45, 7) is 0.284. The summed E-state index contributed by atoms with van der Waals surface area (Å²) in [7, 11) is 0. The maximum Gasteiger partial charge on any atom is 0.323 e. The zero-order valence-corrected chi connectivity index (χ0v) is 9.13. The van der Waals surface area contributed by atoms with Crippen molar-refractivity contribution in [2.75, 3.05) is 6.61 Å². The van der Waals surface area contributed by atoms with Gasteiger partial charge in [-0.15, -0.1) is 0 Å². The quantitative estimate of drug-likeness (QED) is 0.701. The van der Waals surface area contributed by atoms with Gasteiger partial charge < -0.3 is 15.6 Å². The standard InChI is InChI=1S/C12H17NO3/c13-11(7-4-8-14)12(15)16-9-10-5-2-1-3-6-10/h1-3,5-6,11,14H,4,7-9,13H2. The average molecular weight is 223 g/mol. The first-order valence-electron chi connectivity index (χ1n) is 5.31. The maximum absolute atomic E-state index is 11.4. The molecule has 1 atom stereocenters. The summed E-state index contributed by atoms with van der Waals surface area (Å²) in [5.41, 5.74) is 6.52. The molecule has 16 heavy (non-hydrogen) atoms. The molecule has 0 radical (unpaired) electrons. The van der Waals surface area contributed by atoms with Gasteiger partial charge in [0.2, 0.25) is 0 Å². The second-order valence-corrected chi connectivity index (χ2v) is 3.57. The van der Waals surface area contributed by atoms with Crippen LogP contribution in [0.25, 0.3) is 0 Å². The van der Waals surface area contributed by atoms with Crippen molar-refractivity contribution in [1.82, 2.24) is 0 Å². The number of carbonyl (C=O) groups is 1. The van der Waals surface area contributed by atoms with Crippen LogP contribution in [0.5, 0.6) is 0 Å². The van der Waals surface area contributed by atoms with E-state index in [-0.39, 0.29) is 13.2 Å². The van der Waals surface area contributed by atoms with Gasteiger partial charge in [0.15, 0.2) is 0 Å². The van der Waals surface area contributed by atoms with Crippen molar-refractivity contribution < 1.29 is 14.6 Å². The molecule has 0 saturated heterocycles. The van der Waals surface area contributed by atoms with Gasteiger partial charge in [-0.2, -0.15) is 0 Å². The third-order valence-electron chi connectivity index (χ3n) is 2.20. The number of esters is 1.